The van der Waals surface area contributed by atoms with Crippen LogP contribution in [0.2, 0.25) is 5.02 Å². The van der Waals surface area contributed by atoms with Crippen molar-refractivity contribution in [3.05, 3.63) is 58.6 Å². The van der Waals surface area contributed by atoms with E-state index in [-0.39, 0.29) is 11.0 Å². The van der Waals surface area contributed by atoms with Gasteiger partial charge in [-0.15, -0.1) is 0 Å². The van der Waals surface area contributed by atoms with E-state index in [2.05, 4.69) is 22.8 Å². The number of thiocarbonyl (C=S) groups is 1. The number of hydrogen-bond acceptors (Lipinski definition) is 4. The molecule has 2 aromatic carbocycles. The van der Waals surface area contributed by atoms with Crippen LogP contribution in [0, 0.1) is 0 Å². The van der Waals surface area contributed by atoms with Gasteiger partial charge in [-0.05, 0) is 42.5 Å². The van der Waals surface area contributed by atoms with Gasteiger partial charge in [0, 0.05) is 16.3 Å². The number of methoxy groups -OCH3 is 1. The van der Waals surface area contributed by atoms with E-state index in [1.807, 2.05) is 12.1 Å². The Kier molecular flexibility index (Phi) is 7.22. The third-order valence-corrected chi connectivity index (χ3v) is 4.94. The summed E-state index contributed by atoms with van der Waals surface area (Å²) < 4.78 is 10.6. The Balaban J connectivity index is 1.55. The summed E-state index contributed by atoms with van der Waals surface area (Å²) >= 11 is 11.2. The normalized spacial score (nSPS) is 14.4. The maximum atomic E-state index is 12.5. The highest BCUT2D eigenvalue weighted by Gasteiger charge is 2.15. The maximum Gasteiger partial charge on any atom is 0.261 e. The first-order valence-electron chi connectivity index (χ1n) is 9.01. The molecule has 1 aliphatic rings. The van der Waals surface area contributed by atoms with Crippen LogP contribution in [-0.2, 0) is 11.3 Å². The molecular weight excluding hydrogens is 398 g/mol. The van der Waals surface area contributed by atoms with Crippen LogP contribution in [0.25, 0.3) is 0 Å². The highest BCUT2D eigenvalue weighted by molar-refractivity contribution is 7.80. The second-order valence-corrected chi connectivity index (χ2v) is 7.33. The number of hydrogen-bond donors (Lipinski definition) is 3. The van der Waals surface area contributed by atoms with E-state index in [1.54, 1.807) is 18.2 Å². The van der Waals surface area contributed by atoms with Crippen LogP contribution in [0.5, 0.6) is 5.75 Å². The molecule has 3 N–H and O–H groups in total. The molecule has 0 aromatic heterocycles. The van der Waals surface area contributed by atoms with Gasteiger partial charge in [0.1, 0.15) is 25.4 Å². The Morgan fingerprint density at radius 3 is 2.61 bits per heavy atom. The van der Waals surface area contributed by atoms with Crippen molar-refractivity contribution in [3.63, 3.8) is 0 Å². The molecule has 0 aliphatic carbocycles. The van der Waals surface area contributed by atoms with Crippen LogP contribution in [0.1, 0.15) is 15.9 Å². The largest absolute Gasteiger partial charge is 0.496 e. The number of morpholine rings is 1. The molecule has 2 aromatic rings. The summed E-state index contributed by atoms with van der Waals surface area (Å²) in [5, 5.41) is 6.33. The van der Waals surface area contributed by atoms with Crippen LogP contribution < -0.4 is 20.3 Å². The maximum absolute atomic E-state index is 12.5. The highest BCUT2D eigenvalue weighted by Crippen LogP contribution is 2.22. The molecule has 0 unspecified atom stereocenters. The molecule has 1 fully saturated rings. The van der Waals surface area contributed by atoms with Crippen LogP contribution >= 0.6 is 23.8 Å². The second kappa shape index (κ2) is 9.84. The molecule has 1 amide bonds. The first-order chi connectivity index (χ1) is 13.5. The van der Waals surface area contributed by atoms with Crippen LogP contribution in [0.3, 0.4) is 0 Å². The second-order valence-electron chi connectivity index (χ2n) is 6.49. The molecule has 3 rings (SSSR count). The van der Waals surface area contributed by atoms with Crippen molar-refractivity contribution >= 4 is 40.5 Å². The lowest BCUT2D eigenvalue weighted by Crippen LogP contribution is -3.12. The average Bonchev–Trinajstić information content (AvgIpc) is 2.70. The minimum Gasteiger partial charge on any atom is -0.496 e. The fourth-order valence-electron chi connectivity index (χ4n) is 3.02. The van der Waals surface area contributed by atoms with Crippen molar-refractivity contribution in [3.8, 4) is 5.75 Å². The van der Waals surface area contributed by atoms with E-state index in [0.29, 0.717) is 16.3 Å². The van der Waals surface area contributed by atoms with Gasteiger partial charge in [0.15, 0.2) is 5.11 Å². The van der Waals surface area contributed by atoms with Gasteiger partial charge in [0.05, 0.1) is 25.9 Å². The molecule has 148 valence electrons. The molecule has 0 spiro atoms. The lowest BCUT2D eigenvalue weighted by molar-refractivity contribution is -0.921. The fourth-order valence-corrected chi connectivity index (χ4v) is 3.40. The van der Waals surface area contributed by atoms with Gasteiger partial charge in [-0.3, -0.25) is 10.1 Å². The number of benzene rings is 2. The minimum atomic E-state index is -0.385. The number of halogens is 1. The summed E-state index contributed by atoms with van der Waals surface area (Å²) in [6.45, 7) is 4.67. The first-order valence-corrected chi connectivity index (χ1v) is 9.80. The summed E-state index contributed by atoms with van der Waals surface area (Å²) in [5.74, 6) is 0.0454. The Morgan fingerprint density at radius 2 is 1.93 bits per heavy atom. The van der Waals surface area contributed by atoms with E-state index >= 15 is 0 Å². The van der Waals surface area contributed by atoms with Gasteiger partial charge in [-0.1, -0.05) is 23.7 Å². The number of amides is 1. The first kappa shape index (κ1) is 20.5. The van der Waals surface area contributed by atoms with Crippen molar-refractivity contribution in [2.45, 2.75) is 6.54 Å². The van der Waals surface area contributed by atoms with Gasteiger partial charge in [-0.2, -0.15) is 0 Å². The third kappa shape index (κ3) is 5.65. The minimum absolute atomic E-state index is 0.207. The zero-order valence-corrected chi connectivity index (χ0v) is 17.2. The summed E-state index contributed by atoms with van der Waals surface area (Å²) in [5.41, 5.74) is 2.38. The quantitative estimate of drug-likeness (QED) is 0.645. The molecule has 6 nitrogen and oxygen atoms in total. The van der Waals surface area contributed by atoms with Crippen molar-refractivity contribution < 1.29 is 19.2 Å². The number of ether oxygens (including phenoxy) is 2. The zero-order valence-electron chi connectivity index (χ0n) is 15.6. The highest BCUT2D eigenvalue weighted by atomic mass is 35.5. The SMILES string of the molecule is COc1ccc(Cl)cc1C(=O)NC(=S)Nc1ccc(C[NH+]2CCOCC2)cc1. The monoisotopic (exact) mass is 420 g/mol. The summed E-state index contributed by atoms with van der Waals surface area (Å²) in [6, 6.07) is 12.9. The van der Waals surface area contributed by atoms with Gasteiger partial charge < -0.3 is 19.7 Å². The van der Waals surface area contributed by atoms with Crippen molar-refractivity contribution in [2.24, 2.45) is 0 Å². The number of carbonyl (C=O) groups is 1. The summed E-state index contributed by atoms with van der Waals surface area (Å²) in [4.78, 5) is 14.0. The Bertz CT molecular complexity index is 839. The zero-order chi connectivity index (χ0) is 19.9. The predicted octanol–water partition coefficient (Wildman–Crippen LogP) is 1.89. The molecule has 8 heteroatoms. The number of anilines is 1. The topological polar surface area (TPSA) is 64.0 Å². The predicted molar refractivity (Wildman–Crippen MR) is 113 cm³/mol. The molecule has 0 bridgehead atoms. The van der Waals surface area contributed by atoms with E-state index < -0.39 is 0 Å². The summed E-state index contributed by atoms with van der Waals surface area (Å²) in [6.07, 6.45) is 0. The molecular formula is C20H23ClN3O3S+. The van der Waals surface area contributed by atoms with Crippen molar-refractivity contribution in [2.75, 3.05) is 38.7 Å². The molecule has 1 aliphatic heterocycles. The Labute approximate surface area is 174 Å². The lowest BCUT2D eigenvalue weighted by Gasteiger charge is -2.23. The van der Waals surface area contributed by atoms with E-state index in [1.165, 1.54) is 17.6 Å². The molecule has 28 heavy (non-hydrogen) atoms. The summed E-state index contributed by atoms with van der Waals surface area (Å²) in [7, 11) is 1.50. The van der Waals surface area contributed by atoms with E-state index in [4.69, 9.17) is 33.3 Å². The van der Waals surface area contributed by atoms with Gasteiger partial charge >= 0.3 is 0 Å². The molecule has 1 saturated heterocycles. The number of rotatable bonds is 5. The lowest BCUT2D eigenvalue weighted by atomic mass is 10.2. The fraction of sp³-hybridized carbons (Fsp3) is 0.300. The Morgan fingerprint density at radius 1 is 1.21 bits per heavy atom. The van der Waals surface area contributed by atoms with E-state index in [9.17, 15) is 4.79 Å². The van der Waals surface area contributed by atoms with Gasteiger partial charge in [0.2, 0.25) is 0 Å². The van der Waals surface area contributed by atoms with Crippen LogP contribution in [0.4, 0.5) is 5.69 Å². The Hall–Kier alpha value is -2.19. The molecule has 0 saturated carbocycles. The smallest absolute Gasteiger partial charge is 0.261 e. The van der Waals surface area contributed by atoms with Gasteiger partial charge in [-0.25, -0.2) is 0 Å². The molecule has 0 atom stereocenters. The van der Waals surface area contributed by atoms with Crippen molar-refractivity contribution in [1.82, 2.24) is 5.32 Å². The number of carbonyl (C=O) groups excluding carboxylic acids is 1. The molecule has 1 heterocycles. The van der Waals surface area contributed by atoms with Crippen LogP contribution in [0.15, 0.2) is 42.5 Å². The van der Waals surface area contributed by atoms with Gasteiger partial charge in [0.25, 0.3) is 5.91 Å². The van der Waals surface area contributed by atoms with E-state index in [0.717, 1.165) is 38.5 Å². The van der Waals surface area contributed by atoms with Crippen LogP contribution in [-0.4, -0.2) is 44.4 Å². The number of nitrogens with one attached hydrogen (secondary N) is 3. The molecule has 0 radical (unpaired) electrons. The third-order valence-electron chi connectivity index (χ3n) is 4.50. The van der Waals surface area contributed by atoms with Crippen molar-refractivity contribution in [1.29, 1.82) is 0 Å². The standard InChI is InChI=1S/C20H22ClN3O3S/c1-26-18-7-4-15(21)12-17(18)19(25)23-20(28)22-16-5-2-14(3-6-16)13-24-8-10-27-11-9-24/h2-7,12H,8-11,13H2,1H3,(H2,22,23,25,28)/p+1. The number of quaternary nitrogens is 1. The average molecular weight is 421 g/mol.